The van der Waals surface area contributed by atoms with Crippen molar-refractivity contribution in [2.45, 2.75) is 33.1 Å². The summed E-state index contributed by atoms with van der Waals surface area (Å²) in [5.74, 6) is 0.907. The van der Waals surface area contributed by atoms with Crippen molar-refractivity contribution in [1.29, 1.82) is 0 Å². The average Bonchev–Trinajstić information content (AvgIpc) is 2.77. The van der Waals surface area contributed by atoms with Gasteiger partial charge in [0.15, 0.2) is 0 Å². The van der Waals surface area contributed by atoms with Gasteiger partial charge in [0.05, 0.1) is 6.61 Å². The zero-order chi connectivity index (χ0) is 15.3. The molecule has 2 aromatic heterocycles. The second kappa shape index (κ2) is 4.73. The summed E-state index contributed by atoms with van der Waals surface area (Å²) in [6.07, 6.45) is 4.02. The van der Waals surface area contributed by atoms with E-state index in [-0.39, 0.29) is 10.8 Å². The van der Waals surface area contributed by atoms with Gasteiger partial charge in [0.2, 0.25) is 0 Å². The highest BCUT2D eigenvalue weighted by atomic mass is 16.5. The number of likely N-dealkylation sites (tertiary alicyclic amines) is 1. The van der Waals surface area contributed by atoms with Crippen molar-refractivity contribution in [3.05, 3.63) is 30.2 Å². The molecule has 1 saturated heterocycles. The molecule has 0 spiro atoms. The van der Waals surface area contributed by atoms with Crippen molar-refractivity contribution in [3.8, 4) is 5.75 Å². The fourth-order valence-electron chi connectivity index (χ4n) is 3.21. The Morgan fingerprint density at radius 1 is 1.33 bits per heavy atom. The monoisotopic (exact) mass is 287 g/mol. The van der Waals surface area contributed by atoms with Crippen LogP contribution in [0, 0.1) is 5.41 Å². The number of ether oxygens (including phenoxy) is 1. The van der Waals surface area contributed by atoms with Gasteiger partial charge in [-0.15, -0.1) is 0 Å². The van der Waals surface area contributed by atoms with Gasteiger partial charge in [0.25, 0.3) is 0 Å². The Morgan fingerprint density at radius 3 is 2.67 bits per heavy atom. The summed E-state index contributed by atoms with van der Waals surface area (Å²) in [4.78, 5) is 6.83. The van der Waals surface area contributed by atoms with Gasteiger partial charge in [-0.1, -0.05) is 27.7 Å². The van der Waals surface area contributed by atoms with Crippen LogP contribution in [0.2, 0.25) is 0 Å². The number of pyridine rings is 1. The van der Waals surface area contributed by atoms with E-state index in [0.29, 0.717) is 0 Å². The van der Waals surface area contributed by atoms with Crippen molar-refractivity contribution in [1.82, 2.24) is 14.3 Å². The number of rotatable bonds is 3. The van der Waals surface area contributed by atoms with Gasteiger partial charge in [0, 0.05) is 48.1 Å². The number of aromatic nitrogens is 2. The molecule has 0 amide bonds. The van der Waals surface area contributed by atoms with Crippen molar-refractivity contribution in [2.75, 3.05) is 26.7 Å². The number of fused-ring (bicyclic) bond motifs is 1. The van der Waals surface area contributed by atoms with Gasteiger partial charge in [-0.25, -0.2) is 4.98 Å². The second-order valence-electron chi connectivity index (χ2n) is 7.76. The Hall–Kier alpha value is -1.55. The molecule has 1 aliphatic heterocycles. The Morgan fingerprint density at radius 2 is 2.05 bits per heavy atom. The minimum atomic E-state index is 0.0891. The summed E-state index contributed by atoms with van der Waals surface area (Å²) in [6, 6.07) is 4.07. The SMILES string of the molecule is CN1CC(C)(COc2ccn3c(C(C)(C)C)cnc3c2)C1. The number of nitrogens with zero attached hydrogens (tertiary/aromatic N) is 3. The molecule has 0 unspecified atom stereocenters. The normalized spacial score (nSPS) is 18.7. The van der Waals surface area contributed by atoms with Crippen molar-refractivity contribution < 1.29 is 4.74 Å². The Labute approximate surface area is 126 Å². The van der Waals surface area contributed by atoms with Crippen LogP contribution >= 0.6 is 0 Å². The molecular weight excluding hydrogens is 262 g/mol. The summed E-state index contributed by atoms with van der Waals surface area (Å²) >= 11 is 0. The lowest BCUT2D eigenvalue weighted by atomic mass is 9.83. The third-order valence-electron chi connectivity index (χ3n) is 4.14. The molecule has 1 fully saturated rings. The molecule has 21 heavy (non-hydrogen) atoms. The minimum Gasteiger partial charge on any atom is -0.493 e. The van der Waals surface area contributed by atoms with E-state index in [1.807, 2.05) is 18.3 Å². The van der Waals surface area contributed by atoms with E-state index in [2.05, 4.69) is 55.2 Å². The third kappa shape index (κ3) is 2.77. The molecule has 4 nitrogen and oxygen atoms in total. The van der Waals surface area contributed by atoms with E-state index in [9.17, 15) is 0 Å². The molecule has 0 aliphatic carbocycles. The van der Waals surface area contributed by atoms with Crippen LogP contribution in [0.1, 0.15) is 33.4 Å². The largest absolute Gasteiger partial charge is 0.493 e. The highest BCUT2D eigenvalue weighted by Crippen LogP contribution is 2.30. The quantitative estimate of drug-likeness (QED) is 0.869. The van der Waals surface area contributed by atoms with Crippen LogP contribution in [0.5, 0.6) is 5.75 Å². The molecule has 0 atom stereocenters. The fourth-order valence-corrected chi connectivity index (χ4v) is 3.21. The fraction of sp³-hybridized carbons (Fsp3) is 0.588. The Bertz CT molecular complexity index is 648. The van der Waals surface area contributed by atoms with Crippen LogP contribution in [0.3, 0.4) is 0 Å². The van der Waals surface area contributed by atoms with Crippen LogP contribution in [-0.4, -0.2) is 41.0 Å². The number of hydrogen-bond donors (Lipinski definition) is 0. The first-order valence-electron chi connectivity index (χ1n) is 7.56. The summed E-state index contributed by atoms with van der Waals surface area (Å²) < 4.78 is 8.13. The van der Waals surface area contributed by atoms with Crippen LogP contribution in [0.25, 0.3) is 5.65 Å². The van der Waals surface area contributed by atoms with Gasteiger partial charge in [-0.05, 0) is 13.1 Å². The average molecular weight is 287 g/mol. The maximum atomic E-state index is 5.98. The molecule has 0 aromatic carbocycles. The molecule has 3 heterocycles. The number of imidazole rings is 1. The van der Waals surface area contributed by atoms with E-state index < -0.39 is 0 Å². The van der Waals surface area contributed by atoms with Crippen LogP contribution < -0.4 is 4.74 Å². The van der Waals surface area contributed by atoms with Gasteiger partial charge in [-0.3, -0.25) is 0 Å². The molecular formula is C17H25N3O. The molecule has 3 rings (SSSR count). The third-order valence-corrected chi connectivity index (χ3v) is 4.14. The first-order valence-corrected chi connectivity index (χ1v) is 7.56. The molecule has 0 radical (unpaired) electrons. The van der Waals surface area contributed by atoms with Gasteiger partial charge >= 0.3 is 0 Å². The molecule has 2 aromatic rings. The van der Waals surface area contributed by atoms with Crippen LogP contribution in [-0.2, 0) is 5.41 Å². The van der Waals surface area contributed by atoms with E-state index >= 15 is 0 Å². The first kappa shape index (κ1) is 14.4. The summed E-state index contributed by atoms with van der Waals surface area (Å²) in [5.41, 5.74) is 2.54. The van der Waals surface area contributed by atoms with E-state index in [0.717, 1.165) is 31.1 Å². The summed E-state index contributed by atoms with van der Waals surface area (Å²) in [6.45, 7) is 11.9. The maximum Gasteiger partial charge on any atom is 0.140 e. The van der Waals surface area contributed by atoms with E-state index in [1.165, 1.54) is 5.69 Å². The second-order valence-corrected chi connectivity index (χ2v) is 7.76. The number of hydrogen-bond acceptors (Lipinski definition) is 3. The van der Waals surface area contributed by atoms with E-state index in [1.54, 1.807) is 0 Å². The minimum absolute atomic E-state index is 0.0891. The van der Waals surface area contributed by atoms with Crippen molar-refractivity contribution in [2.24, 2.45) is 5.41 Å². The highest BCUT2D eigenvalue weighted by molar-refractivity contribution is 5.46. The van der Waals surface area contributed by atoms with Crippen LogP contribution in [0.4, 0.5) is 0 Å². The molecule has 114 valence electrons. The Kier molecular flexibility index (Phi) is 3.24. The lowest BCUT2D eigenvalue weighted by Gasteiger charge is -2.45. The lowest BCUT2D eigenvalue weighted by Crippen LogP contribution is -2.55. The first-order chi connectivity index (χ1) is 9.77. The zero-order valence-corrected chi connectivity index (χ0v) is 13.7. The predicted octanol–water partition coefficient (Wildman–Crippen LogP) is 2.96. The van der Waals surface area contributed by atoms with Gasteiger partial charge in [-0.2, -0.15) is 0 Å². The lowest BCUT2D eigenvalue weighted by molar-refractivity contribution is -0.00136. The van der Waals surface area contributed by atoms with Crippen molar-refractivity contribution in [3.63, 3.8) is 0 Å². The molecule has 0 bridgehead atoms. The summed E-state index contributed by atoms with van der Waals surface area (Å²) in [7, 11) is 2.15. The molecule has 1 aliphatic rings. The zero-order valence-electron chi connectivity index (χ0n) is 13.7. The van der Waals surface area contributed by atoms with Gasteiger partial charge < -0.3 is 14.0 Å². The predicted molar refractivity (Wildman–Crippen MR) is 85.0 cm³/mol. The van der Waals surface area contributed by atoms with Crippen LogP contribution in [0.15, 0.2) is 24.5 Å². The maximum absolute atomic E-state index is 5.98. The highest BCUT2D eigenvalue weighted by Gasteiger charge is 2.37. The topological polar surface area (TPSA) is 29.8 Å². The van der Waals surface area contributed by atoms with Gasteiger partial charge in [0.1, 0.15) is 11.4 Å². The van der Waals surface area contributed by atoms with Crippen molar-refractivity contribution >= 4 is 5.65 Å². The molecule has 0 saturated carbocycles. The summed E-state index contributed by atoms with van der Waals surface area (Å²) in [5, 5.41) is 0. The standard InChI is InChI=1S/C17H25N3O/c1-16(2,3)14-9-18-15-8-13(6-7-20(14)15)21-12-17(4)10-19(5)11-17/h6-9H,10-12H2,1-5H3. The smallest absolute Gasteiger partial charge is 0.140 e. The Balaban J connectivity index is 1.76. The van der Waals surface area contributed by atoms with E-state index in [4.69, 9.17) is 4.74 Å². The molecule has 4 heteroatoms. The molecule has 0 N–H and O–H groups in total.